The van der Waals surface area contributed by atoms with Crippen molar-refractivity contribution in [3.63, 3.8) is 0 Å². The highest BCUT2D eigenvalue weighted by Crippen LogP contribution is 2.45. The third-order valence-corrected chi connectivity index (χ3v) is 7.76. The molecule has 0 saturated carbocycles. The van der Waals surface area contributed by atoms with Crippen LogP contribution in [0.3, 0.4) is 0 Å². The Morgan fingerprint density at radius 3 is 2.55 bits per heavy atom. The van der Waals surface area contributed by atoms with Gasteiger partial charge < -0.3 is 14.6 Å². The van der Waals surface area contributed by atoms with Crippen LogP contribution in [-0.2, 0) is 14.3 Å². The number of Topliss-reactive ketones (excluding diaryl/α,β-unsaturated/α-hetero) is 1. The molecule has 4 rings (SSSR count). The fourth-order valence-corrected chi connectivity index (χ4v) is 5.38. The number of hydrogen-bond acceptors (Lipinski definition) is 8. The van der Waals surface area contributed by atoms with Crippen molar-refractivity contribution in [1.29, 1.82) is 0 Å². The van der Waals surface area contributed by atoms with Gasteiger partial charge in [0, 0.05) is 5.56 Å². The smallest absolute Gasteiger partial charge is 0.350 e. The lowest BCUT2D eigenvalue weighted by molar-refractivity contribution is -0.132. The van der Waals surface area contributed by atoms with E-state index in [0.29, 0.717) is 22.6 Å². The van der Waals surface area contributed by atoms with Gasteiger partial charge in [0.1, 0.15) is 23.0 Å². The van der Waals surface area contributed by atoms with E-state index in [1.54, 1.807) is 38.1 Å². The van der Waals surface area contributed by atoms with Gasteiger partial charge in [0.15, 0.2) is 5.13 Å². The second-order valence-electron chi connectivity index (χ2n) is 8.33. The molecule has 1 amide bonds. The van der Waals surface area contributed by atoms with E-state index in [1.807, 2.05) is 0 Å². The molecule has 2 heterocycles. The number of ketones is 1. The van der Waals surface area contributed by atoms with E-state index >= 15 is 0 Å². The van der Waals surface area contributed by atoms with Crippen LogP contribution in [0.25, 0.3) is 5.76 Å². The molecule has 0 spiro atoms. The number of thiazole rings is 1. The Balaban J connectivity index is 1.91. The number of aliphatic hydroxyl groups is 1. The molecule has 1 atom stereocenters. The van der Waals surface area contributed by atoms with E-state index in [0.717, 1.165) is 21.8 Å². The number of hydrogen-bond donors (Lipinski definition) is 1. The van der Waals surface area contributed by atoms with E-state index in [2.05, 4.69) is 11.6 Å². The third-order valence-electron chi connectivity index (χ3n) is 5.88. The average Bonchev–Trinajstić information content (AvgIpc) is 3.40. The number of aromatic nitrogens is 1. The van der Waals surface area contributed by atoms with Crippen molar-refractivity contribution >= 4 is 63.1 Å². The zero-order valence-electron chi connectivity index (χ0n) is 20.6. The number of esters is 1. The Morgan fingerprint density at radius 1 is 1.18 bits per heavy atom. The maximum atomic E-state index is 13.4. The van der Waals surface area contributed by atoms with E-state index < -0.39 is 23.7 Å². The average molecular weight is 573 g/mol. The quantitative estimate of drug-likeness (QED) is 0.121. The van der Waals surface area contributed by atoms with Crippen LogP contribution in [0.2, 0.25) is 10.0 Å². The first-order valence-electron chi connectivity index (χ1n) is 11.2. The first-order chi connectivity index (χ1) is 18.1. The number of halogens is 2. The van der Waals surface area contributed by atoms with E-state index in [4.69, 9.17) is 32.7 Å². The van der Waals surface area contributed by atoms with Crippen molar-refractivity contribution < 1.29 is 29.0 Å². The van der Waals surface area contributed by atoms with E-state index in [1.165, 1.54) is 25.3 Å². The summed E-state index contributed by atoms with van der Waals surface area (Å²) in [5, 5.41) is 11.9. The van der Waals surface area contributed by atoms with Crippen LogP contribution in [0, 0.1) is 13.8 Å². The number of aryl methyl sites for hydroxylation is 2. The summed E-state index contributed by atoms with van der Waals surface area (Å²) in [5.74, 6) is -2.27. The summed E-state index contributed by atoms with van der Waals surface area (Å²) in [6, 6.07) is 8.43. The van der Waals surface area contributed by atoms with Gasteiger partial charge in [0.25, 0.3) is 5.78 Å². The SMILES string of the molecule is C=CCOC(=O)c1sc(N2C(=O)C(=O)/C(=C(/O)c3ccc(OC)c(C)c3)C2c2ccc(Cl)c(Cl)c2)nc1C. The van der Waals surface area contributed by atoms with Crippen LogP contribution in [0.4, 0.5) is 5.13 Å². The molecule has 2 aromatic carbocycles. The van der Waals surface area contributed by atoms with Crippen LogP contribution in [-0.4, -0.2) is 41.5 Å². The Labute approximate surface area is 232 Å². The van der Waals surface area contributed by atoms with Crippen LogP contribution in [0.15, 0.2) is 54.6 Å². The minimum atomic E-state index is -1.10. The summed E-state index contributed by atoms with van der Waals surface area (Å²) in [4.78, 5) is 45.0. The molecule has 11 heteroatoms. The second kappa shape index (κ2) is 11.0. The van der Waals surface area contributed by atoms with Gasteiger partial charge in [-0.15, -0.1) is 0 Å². The van der Waals surface area contributed by atoms with Gasteiger partial charge in [0.05, 0.1) is 34.5 Å². The van der Waals surface area contributed by atoms with Gasteiger partial charge in [0.2, 0.25) is 0 Å². The van der Waals surface area contributed by atoms with Crippen LogP contribution >= 0.6 is 34.5 Å². The molecule has 1 aliphatic heterocycles. The normalized spacial score (nSPS) is 16.6. The molecule has 3 aromatic rings. The maximum Gasteiger partial charge on any atom is 0.350 e. The second-order valence-corrected chi connectivity index (χ2v) is 10.1. The molecular weight excluding hydrogens is 551 g/mol. The molecule has 196 valence electrons. The zero-order chi connectivity index (χ0) is 27.7. The molecule has 38 heavy (non-hydrogen) atoms. The van der Waals surface area contributed by atoms with Crippen LogP contribution in [0.1, 0.15) is 38.1 Å². The molecule has 1 fully saturated rings. The lowest BCUT2D eigenvalue weighted by Crippen LogP contribution is -2.29. The molecule has 1 aliphatic rings. The number of aliphatic hydroxyl groups excluding tert-OH is 1. The topological polar surface area (TPSA) is 106 Å². The molecule has 0 radical (unpaired) electrons. The first-order valence-corrected chi connectivity index (χ1v) is 12.8. The minimum absolute atomic E-state index is 0.000568. The lowest BCUT2D eigenvalue weighted by atomic mass is 9.95. The maximum absolute atomic E-state index is 13.4. The monoisotopic (exact) mass is 572 g/mol. The predicted molar refractivity (Wildman–Crippen MR) is 146 cm³/mol. The Hall–Kier alpha value is -3.66. The number of ether oxygens (including phenoxy) is 2. The number of amides is 1. The Kier molecular flexibility index (Phi) is 7.91. The van der Waals surface area contributed by atoms with E-state index in [-0.39, 0.29) is 38.0 Å². The van der Waals surface area contributed by atoms with Crippen molar-refractivity contribution in [2.24, 2.45) is 0 Å². The highest BCUT2D eigenvalue weighted by molar-refractivity contribution is 7.17. The summed E-state index contributed by atoms with van der Waals surface area (Å²) >= 11 is 13.3. The lowest BCUT2D eigenvalue weighted by Gasteiger charge is -2.23. The summed E-state index contributed by atoms with van der Waals surface area (Å²) < 4.78 is 10.4. The van der Waals surface area contributed by atoms with E-state index in [9.17, 15) is 19.5 Å². The van der Waals surface area contributed by atoms with Gasteiger partial charge in [-0.3, -0.25) is 14.5 Å². The number of methoxy groups -OCH3 is 1. The fourth-order valence-electron chi connectivity index (χ4n) is 4.08. The van der Waals surface area contributed by atoms with Gasteiger partial charge in [-0.1, -0.05) is 53.3 Å². The van der Waals surface area contributed by atoms with Gasteiger partial charge >= 0.3 is 11.9 Å². The van der Waals surface area contributed by atoms with Crippen molar-refractivity contribution in [2.75, 3.05) is 18.6 Å². The molecule has 1 unspecified atom stereocenters. The highest BCUT2D eigenvalue weighted by Gasteiger charge is 2.48. The highest BCUT2D eigenvalue weighted by atomic mass is 35.5. The number of carbonyl (C=O) groups excluding carboxylic acids is 3. The Morgan fingerprint density at radius 2 is 1.92 bits per heavy atom. The Bertz CT molecular complexity index is 1510. The summed E-state index contributed by atoms with van der Waals surface area (Å²) in [7, 11) is 1.52. The van der Waals surface area contributed by atoms with Crippen LogP contribution in [0.5, 0.6) is 5.75 Å². The molecular formula is C27H22Cl2N2O6S. The first kappa shape index (κ1) is 27.4. The summed E-state index contributed by atoms with van der Waals surface area (Å²) in [6.07, 6.45) is 1.43. The van der Waals surface area contributed by atoms with Gasteiger partial charge in [-0.2, -0.15) is 0 Å². The standard InChI is InChI=1S/C27H22Cl2N2O6S/c1-5-10-37-26(35)24-14(3)30-27(38-24)31-21(15-6-8-17(28)18(29)12-15)20(23(33)25(31)34)22(32)16-7-9-19(36-4)13(2)11-16/h5-9,11-12,21,32H,1,10H2,2-4H3/b22-20+. The predicted octanol–water partition coefficient (Wildman–Crippen LogP) is 6.04. The van der Waals surface area contributed by atoms with Gasteiger partial charge in [-0.25, -0.2) is 9.78 Å². The number of benzene rings is 2. The number of carbonyl (C=O) groups is 3. The number of nitrogens with zero attached hydrogens (tertiary/aromatic N) is 2. The van der Waals surface area contributed by atoms with Crippen LogP contribution < -0.4 is 9.64 Å². The molecule has 8 nitrogen and oxygen atoms in total. The van der Waals surface area contributed by atoms with Crippen molar-refractivity contribution in [1.82, 2.24) is 4.98 Å². The molecule has 1 N–H and O–H groups in total. The molecule has 0 bridgehead atoms. The summed E-state index contributed by atoms with van der Waals surface area (Å²) in [6.45, 7) is 6.90. The zero-order valence-corrected chi connectivity index (χ0v) is 22.9. The van der Waals surface area contributed by atoms with Gasteiger partial charge in [-0.05, 0) is 55.3 Å². The van der Waals surface area contributed by atoms with Crippen molar-refractivity contribution in [2.45, 2.75) is 19.9 Å². The minimum Gasteiger partial charge on any atom is -0.507 e. The van der Waals surface area contributed by atoms with Crippen molar-refractivity contribution in [3.05, 3.63) is 91.9 Å². The largest absolute Gasteiger partial charge is 0.507 e. The third kappa shape index (κ3) is 4.92. The fraction of sp³-hybridized carbons (Fsp3) is 0.185. The van der Waals surface area contributed by atoms with Crippen molar-refractivity contribution in [3.8, 4) is 5.75 Å². The molecule has 0 aliphatic carbocycles. The number of anilines is 1. The number of rotatable bonds is 7. The summed E-state index contributed by atoms with van der Waals surface area (Å²) in [5.41, 5.74) is 1.60. The molecule has 1 aromatic heterocycles. The molecule has 1 saturated heterocycles.